The van der Waals surface area contributed by atoms with E-state index in [-0.39, 0.29) is 24.1 Å². The second-order valence-electron chi connectivity index (χ2n) is 7.80. The van der Waals surface area contributed by atoms with Crippen LogP contribution >= 0.6 is 0 Å². The van der Waals surface area contributed by atoms with Gasteiger partial charge >= 0.3 is 0 Å². The lowest BCUT2D eigenvalue weighted by Gasteiger charge is -2.22. The molecular formula is C22H23N5O3. The number of hydrogen-bond acceptors (Lipinski definition) is 5. The van der Waals surface area contributed by atoms with Crippen LogP contribution < -0.4 is 5.56 Å². The van der Waals surface area contributed by atoms with Crippen molar-refractivity contribution < 1.29 is 9.21 Å². The summed E-state index contributed by atoms with van der Waals surface area (Å²) in [4.78, 5) is 32.3. The number of aryl methyl sites for hydroxylation is 2. The third kappa shape index (κ3) is 3.08. The molecule has 30 heavy (non-hydrogen) atoms. The van der Waals surface area contributed by atoms with E-state index in [9.17, 15) is 9.59 Å². The summed E-state index contributed by atoms with van der Waals surface area (Å²) in [5.74, 6) is 0.684. The molecule has 0 N–H and O–H groups in total. The van der Waals surface area contributed by atoms with E-state index in [1.54, 1.807) is 18.6 Å². The maximum Gasteiger partial charge on any atom is 0.291 e. The molecule has 0 aliphatic heterocycles. The van der Waals surface area contributed by atoms with Gasteiger partial charge in [0.2, 0.25) is 5.91 Å². The van der Waals surface area contributed by atoms with Crippen molar-refractivity contribution in [3.05, 3.63) is 58.5 Å². The molecule has 0 bridgehead atoms. The van der Waals surface area contributed by atoms with Gasteiger partial charge in [0, 0.05) is 37.6 Å². The first kappa shape index (κ1) is 18.6. The van der Waals surface area contributed by atoms with Crippen LogP contribution in [0.4, 0.5) is 0 Å². The van der Waals surface area contributed by atoms with Crippen LogP contribution in [0.5, 0.6) is 0 Å². The highest BCUT2D eigenvalue weighted by Gasteiger charge is 2.33. The predicted molar refractivity (Wildman–Crippen MR) is 112 cm³/mol. The van der Waals surface area contributed by atoms with Crippen LogP contribution in [0.3, 0.4) is 0 Å². The zero-order valence-electron chi connectivity index (χ0n) is 17.0. The Morgan fingerprint density at radius 1 is 1.33 bits per heavy atom. The molecule has 8 heteroatoms. The SMILES string of the molecule is CCn1c2cc(C)oc2c2cnn(CC(=O)N(Cc3cccnc3)C3CC3)c(=O)c21. The number of carbonyl (C=O) groups excluding carboxylic acids is 1. The fourth-order valence-electron chi connectivity index (χ4n) is 4.08. The molecule has 4 aromatic rings. The highest BCUT2D eigenvalue weighted by atomic mass is 16.3. The van der Waals surface area contributed by atoms with Crippen molar-refractivity contribution in [2.75, 3.05) is 0 Å². The lowest BCUT2D eigenvalue weighted by molar-refractivity contribution is -0.133. The third-order valence-electron chi connectivity index (χ3n) is 5.64. The second kappa shape index (κ2) is 7.12. The predicted octanol–water partition coefficient (Wildman–Crippen LogP) is 2.86. The Balaban J connectivity index is 1.49. The van der Waals surface area contributed by atoms with Crippen molar-refractivity contribution in [3.8, 4) is 0 Å². The number of pyridine rings is 1. The summed E-state index contributed by atoms with van der Waals surface area (Å²) in [6.07, 6.45) is 7.09. The Morgan fingerprint density at radius 3 is 2.87 bits per heavy atom. The average Bonchev–Trinajstić information content (AvgIpc) is 3.45. The van der Waals surface area contributed by atoms with Gasteiger partial charge in [0.1, 0.15) is 17.8 Å². The molecule has 1 aliphatic carbocycles. The molecule has 0 radical (unpaired) electrons. The average molecular weight is 405 g/mol. The summed E-state index contributed by atoms with van der Waals surface area (Å²) in [6, 6.07) is 5.97. The van der Waals surface area contributed by atoms with Crippen molar-refractivity contribution in [1.29, 1.82) is 0 Å². The molecule has 0 saturated heterocycles. The summed E-state index contributed by atoms with van der Waals surface area (Å²) in [5.41, 5.74) is 2.78. The summed E-state index contributed by atoms with van der Waals surface area (Å²) in [7, 11) is 0. The Labute approximate surface area is 172 Å². The van der Waals surface area contributed by atoms with Gasteiger partial charge in [-0.25, -0.2) is 4.68 Å². The van der Waals surface area contributed by atoms with E-state index in [0.717, 1.165) is 29.7 Å². The van der Waals surface area contributed by atoms with Crippen molar-refractivity contribution in [3.63, 3.8) is 0 Å². The lowest BCUT2D eigenvalue weighted by Crippen LogP contribution is -2.38. The Morgan fingerprint density at radius 2 is 2.17 bits per heavy atom. The molecule has 1 aliphatic rings. The van der Waals surface area contributed by atoms with E-state index in [2.05, 4.69) is 10.1 Å². The number of aromatic nitrogens is 4. The highest BCUT2D eigenvalue weighted by molar-refractivity contribution is 6.04. The van der Waals surface area contributed by atoms with Gasteiger partial charge in [0.25, 0.3) is 5.56 Å². The minimum absolute atomic E-state index is 0.0825. The maximum absolute atomic E-state index is 13.2. The largest absolute Gasteiger partial charge is 0.459 e. The van der Waals surface area contributed by atoms with Gasteiger partial charge in [-0.15, -0.1) is 0 Å². The van der Waals surface area contributed by atoms with Crippen LogP contribution in [0.2, 0.25) is 0 Å². The lowest BCUT2D eigenvalue weighted by atomic mass is 10.2. The summed E-state index contributed by atoms with van der Waals surface area (Å²) in [5, 5.41) is 4.98. The molecule has 1 fully saturated rings. The van der Waals surface area contributed by atoms with Crippen molar-refractivity contribution >= 4 is 27.9 Å². The summed E-state index contributed by atoms with van der Waals surface area (Å²) < 4.78 is 8.99. The van der Waals surface area contributed by atoms with E-state index in [1.807, 2.05) is 41.5 Å². The molecule has 0 spiro atoms. The van der Waals surface area contributed by atoms with Crippen LogP contribution in [-0.4, -0.2) is 36.2 Å². The van der Waals surface area contributed by atoms with Crippen molar-refractivity contribution in [1.82, 2.24) is 24.2 Å². The van der Waals surface area contributed by atoms with Gasteiger partial charge in [-0.3, -0.25) is 14.6 Å². The van der Waals surface area contributed by atoms with Crippen LogP contribution in [-0.2, 0) is 24.4 Å². The maximum atomic E-state index is 13.2. The van der Waals surface area contributed by atoms with Gasteiger partial charge in [-0.2, -0.15) is 5.10 Å². The highest BCUT2D eigenvalue weighted by Crippen LogP contribution is 2.30. The Hall–Kier alpha value is -3.42. The van der Waals surface area contributed by atoms with Crippen LogP contribution in [0.15, 0.2) is 46.0 Å². The molecule has 0 atom stereocenters. The van der Waals surface area contributed by atoms with Gasteiger partial charge < -0.3 is 13.9 Å². The number of carbonyl (C=O) groups is 1. The van der Waals surface area contributed by atoms with Crippen LogP contribution in [0.25, 0.3) is 22.0 Å². The summed E-state index contributed by atoms with van der Waals surface area (Å²) in [6.45, 7) is 4.90. The molecule has 0 aromatic carbocycles. The van der Waals surface area contributed by atoms with Crippen LogP contribution in [0.1, 0.15) is 31.1 Å². The van der Waals surface area contributed by atoms with E-state index in [0.29, 0.717) is 29.6 Å². The quantitative estimate of drug-likeness (QED) is 0.492. The number of amides is 1. The first-order valence-electron chi connectivity index (χ1n) is 10.2. The molecule has 1 amide bonds. The Kier molecular flexibility index (Phi) is 4.42. The first-order valence-corrected chi connectivity index (χ1v) is 10.2. The van der Waals surface area contributed by atoms with E-state index in [4.69, 9.17) is 4.42 Å². The third-order valence-corrected chi connectivity index (χ3v) is 5.64. The molecule has 0 unspecified atom stereocenters. The molecule has 8 nitrogen and oxygen atoms in total. The number of fused-ring (bicyclic) bond motifs is 3. The molecular weight excluding hydrogens is 382 g/mol. The van der Waals surface area contributed by atoms with Gasteiger partial charge in [0.05, 0.1) is 17.1 Å². The normalized spacial score (nSPS) is 13.9. The Bertz CT molecular complexity index is 1300. The number of nitrogens with zero attached hydrogens (tertiary/aromatic N) is 5. The van der Waals surface area contributed by atoms with Crippen LogP contribution in [0, 0.1) is 6.92 Å². The van der Waals surface area contributed by atoms with Crippen molar-refractivity contribution in [2.24, 2.45) is 0 Å². The minimum Gasteiger partial charge on any atom is -0.459 e. The van der Waals surface area contributed by atoms with Gasteiger partial charge in [0.15, 0.2) is 5.58 Å². The molecule has 4 aromatic heterocycles. The number of rotatable bonds is 6. The molecule has 1 saturated carbocycles. The fraction of sp³-hybridized carbons (Fsp3) is 0.364. The first-order chi connectivity index (χ1) is 14.6. The molecule has 4 heterocycles. The smallest absolute Gasteiger partial charge is 0.291 e. The monoisotopic (exact) mass is 405 g/mol. The zero-order valence-corrected chi connectivity index (χ0v) is 17.0. The topological polar surface area (TPSA) is 86.2 Å². The standard InChI is InChI=1S/C22H23N5O3/c1-3-25-18-9-14(2)30-21(18)17-11-24-27(22(29)20(17)25)13-19(28)26(16-6-7-16)12-15-5-4-8-23-10-15/h4-5,8-11,16H,3,6-7,12-13H2,1-2H3. The molecule has 154 valence electrons. The second-order valence-corrected chi connectivity index (χ2v) is 7.80. The van der Waals surface area contributed by atoms with E-state index >= 15 is 0 Å². The van der Waals surface area contributed by atoms with E-state index < -0.39 is 0 Å². The van der Waals surface area contributed by atoms with Crippen molar-refractivity contribution in [2.45, 2.75) is 52.4 Å². The van der Waals surface area contributed by atoms with Gasteiger partial charge in [-0.1, -0.05) is 6.07 Å². The van der Waals surface area contributed by atoms with E-state index in [1.165, 1.54) is 4.68 Å². The number of hydrogen-bond donors (Lipinski definition) is 0. The minimum atomic E-state index is -0.274. The zero-order chi connectivity index (χ0) is 20.8. The fourth-order valence-corrected chi connectivity index (χ4v) is 4.08. The van der Waals surface area contributed by atoms with Gasteiger partial charge in [-0.05, 0) is 38.3 Å². The number of furan rings is 1. The molecule has 5 rings (SSSR count). The summed E-state index contributed by atoms with van der Waals surface area (Å²) >= 11 is 0.